The van der Waals surface area contributed by atoms with Crippen LogP contribution in [0, 0.1) is 0 Å². The van der Waals surface area contributed by atoms with Crippen molar-refractivity contribution < 1.29 is 4.79 Å². The molecule has 3 aromatic rings. The van der Waals surface area contributed by atoms with Gasteiger partial charge in [-0.1, -0.05) is 60.1 Å². The molecule has 0 saturated carbocycles. The molecule has 2 aromatic carbocycles. The van der Waals surface area contributed by atoms with Gasteiger partial charge in [-0.2, -0.15) is 0 Å². The second kappa shape index (κ2) is 7.79. The van der Waals surface area contributed by atoms with E-state index in [1.807, 2.05) is 48.5 Å². The number of hydrogen-bond donors (Lipinski definition) is 2. The van der Waals surface area contributed by atoms with E-state index in [9.17, 15) is 4.79 Å². The van der Waals surface area contributed by atoms with Crippen molar-refractivity contribution >= 4 is 17.5 Å². The van der Waals surface area contributed by atoms with Crippen molar-refractivity contribution in [2.45, 2.75) is 18.9 Å². The maximum Gasteiger partial charge on any atom is 0.224 e. The molecule has 1 heterocycles. The molecule has 0 radical (unpaired) electrons. The Morgan fingerprint density at radius 2 is 1.88 bits per heavy atom. The Kier molecular flexibility index (Phi) is 5.29. The highest BCUT2D eigenvalue weighted by molar-refractivity contribution is 6.31. The zero-order chi connectivity index (χ0) is 16.8. The smallest absolute Gasteiger partial charge is 0.224 e. The molecule has 1 amide bonds. The number of imidazole rings is 1. The van der Waals surface area contributed by atoms with E-state index in [0.717, 1.165) is 17.0 Å². The van der Waals surface area contributed by atoms with E-state index in [0.29, 0.717) is 11.4 Å². The average Bonchev–Trinajstić information content (AvgIpc) is 3.10. The van der Waals surface area contributed by atoms with Crippen LogP contribution in [0.5, 0.6) is 0 Å². The molecule has 0 fully saturated rings. The number of H-pyrrole nitrogens is 1. The average molecular weight is 340 g/mol. The fourth-order valence-corrected chi connectivity index (χ4v) is 2.80. The molecule has 0 bridgehead atoms. The van der Waals surface area contributed by atoms with Gasteiger partial charge in [0.05, 0.1) is 12.5 Å². The molecule has 2 N–H and O–H groups in total. The van der Waals surface area contributed by atoms with Gasteiger partial charge in [0.25, 0.3) is 0 Å². The third kappa shape index (κ3) is 4.24. The fourth-order valence-electron chi connectivity index (χ4n) is 2.60. The number of nitrogens with zero attached hydrogens (tertiary/aromatic N) is 1. The fraction of sp³-hybridized carbons (Fsp3) is 0.158. The lowest BCUT2D eigenvalue weighted by atomic mass is 10.0. The normalized spacial score (nSPS) is 11.9. The molecular formula is C19H18ClN3O. The lowest BCUT2D eigenvalue weighted by Gasteiger charge is -2.18. The lowest BCUT2D eigenvalue weighted by Crippen LogP contribution is -2.31. The summed E-state index contributed by atoms with van der Waals surface area (Å²) in [7, 11) is 0. The molecule has 24 heavy (non-hydrogen) atoms. The predicted molar refractivity (Wildman–Crippen MR) is 94.8 cm³/mol. The molecule has 4 nitrogen and oxygen atoms in total. The van der Waals surface area contributed by atoms with Gasteiger partial charge in [0.15, 0.2) is 0 Å². The monoisotopic (exact) mass is 339 g/mol. The first-order valence-corrected chi connectivity index (χ1v) is 8.16. The Hall–Kier alpha value is -2.59. The van der Waals surface area contributed by atoms with Gasteiger partial charge in [-0.3, -0.25) is 4.79 Å². The molecule has 0 unspecified atom stereocenters. The zero-order valence-electron chi connectivity index (χ0n) is 13.1. The van der Waals surface area contributed by atoms with Crippen LogP contribution in [-0.4, -0.2) is 15.9 Å². The highest BCUT2D eigenvalue weighted by Crippen LogP contribution is 2.19. The number of aromatic nitrogens is 2. The van der Waals surface area contributed by atoms with Crippen LogP contribution in [0.25, 0.3) is 0 Å². The lowest BCUT2D eigenvalue weighted by molar-refractivity contribution is -0.121. The Labute approximate surface area is 145 Å². The summed E-state index contributed by atoms with van der Waals surface area (Å²) in [6.45, 7) is 0. The molecule has 0 aliphatic heterocycles. The number of halogens is 1. The van der Waals surface area contributed by atoms with Crippen LogP contribution < -0.4 is 5.32 Å². The molecule has 5 heteroatoms. The summed E-state index contributed by atoms with van der Waals surface area (Å²) in [5, 5.41) is 3.70. The minimum atomic E-state index is -0.146. The minimum Gasteiger partial charge on any atom is -0.349 e. The van der Waals surface area contributed by atoms with Gasteiger partial charge in [-0.25, -0.2) is 4.98 Å². The molecule has 0 aliphatic rings. The number of nitrogens with one attached hydrogen (secondary N) is 2. The van der Waals surface area contributed by atoms with Gasteiger partial charge >= 0.3 is 0 Å². The molecule has 1 aromatic heterocycles. The summed E-state index contributed by atoms with van der Waals surface area (Å²) in [6.07, 6.45) is 4.35. The van der Waals surface area contributed by atoms with E-state index in [4.69, 9.17) is 11.6 Å². The largest absolute Gasteiger partial charge is 0.349 e. The van der Waals surface area contributed by atoms with Crippen LogP contribution in [0.3, 0.4) is 0 Å². The topological polar surface area (TPSA) is 57.8 Å². The summed E-state index contributed by atoms with van der Waals surface area (Å²) < 4.78 is 0. The summed E-state index contributed by atoms with van der Waals surface area (Å²) in [5.41, 5.74) is 1.86. The third-order valence-electron chi connectivity index (χ3n) is 3.80. The zero-order valence-corrected chi connectivity index (χ0v) is 13.8. The van der Waals surface area contributed by atoms with Gasteiger partial charge in [0.2, 0.25) is 5.91 Å². The molecule has 0 spiro atoms. The number of carbonyl (C=O) groups excluding carboxylic acids is 1. The van der Waals surface area contributed by atoms with Crippen LogP contribution in [0.15, 0.2) is 67.0 Å². The second-order valence-corrected chi connectivity index (χ2v) is 5.95. The number of aromatic amines is 1. The Bertz CT molecular complexity index is 787. The molecule has 3 rings (SSSR count). The number of rotatable bonds is 6. The van der Waals surface area contributed by atoms with Crippen LogP contribution in [0.1, 0.15) is 23.0 Å². The van der Waals surface area contributed by atoms with Gasteiger partial charge in [0, 0.05) is 23.8 Å². The molecule has 122 valence electrons. The van der Waals surface area contributed by atoms with E-state index in [1.54, 1.807) is 18.5 Å². The quantitative estimate of drug-likeness (QED) is 0.719. The highest BCUT2D eigenvalue weighted by atomic mass is 35.5. The van der Waals surface area contributed by atoms with E-state index >= 15 is 0 Å². The van der Waals surface area contributed by atoms with Crippen LogP contribution >= 0.6 is 11.6 Å². The van der Waals surface area contributed by atoms with E-state index in [1.165, 1.54) is 0 Å². The number of carbonyl (C=O) groups is 1. The van der Waals surface area contributed by atoms with Crippen LogP contribution in [0.4, 0.5) is 0 Å². The molecule has 1 atom stereocenters. The summed E-state index contributed by atoms with van der Waals surface area (Å²) in [5.74, 6) is 0.769. The minimum absolute atomic E-state index is 0.0662. The predicted octanol–water partition coefficient (Wildman–Crippen LogP) is 3.71. The second-order valence-electron chi connectivity index (χ2n) is 5.54. The maximum atomic E-state index is 12.5. The van der Waals surface area contributed by atoms with Crippen molar-refractivity contribution in [2.24, 2.45) is 0 Å². The van der Waals surface area contributed by atoms with Gasteiger partial charge in [-0.15, -0.1) is 0 Å². The van der Waals surface area contributed by atoms with E-state index in [-0.39, 0.29) is 18.4 Å². The first kappa shape index (κ1) is 16.3. The SMILES string of the molecule is O=C(Cc1ccccc1Cl)N[C@H](Cc1ncc[nH]1)c1ccccc1. The molecular weight excluding hydrogens is 322 g/mol. The highest BCUT2D eigenvalue weighted by Gasteiger charge is 2.17. The Morgan fingerprint density at radius 1 is 1.12 bits per heavy atom. The van der Waals surface area contributed by atoms with Crippen molar-refractivity contribution in [3.63, 3.8) is 0 Å². The molecule has 0 saturated heterocycles. The standard InChI is InChI=1S/C19H18ClN3O/c20-16-9-5-4-8-15(16)12-19(24)23-17(13-18-21-10-11-22-18)14-6-2-1-3-7-14/h1-11,17H,12-13H2,(H,21,22)(H,23,24)/t17-/m1/s1. The summed E-state index contributed by atoms with van der Waals surface area (Å²) >= 11 is 6.14. The van der Waals surface area contributed by atoms with Crippen molar-refractivity contribution in [2.75, 3.05) is 0 Å². The van der Waals surface area contributed by atoms with Gasteiger partial charge in [-0.05, 0) is 17.2 Å². The van der Waals surface area contributed by atoms with Crippen molar-refractivity contribution in [1.82, 2.24) is 15.3 Å². The van der Waals surface area contributed by atoms with Gasteiger partial charge < -0.3 is 10.3 Å². The summed E-state index contributed by atoms with van der Waals surface area (Å²) in [6, 6.07) is 17.1. The number of amides is 1. The van der Waals surface area contributed by atoms with Crippen LogP contribution in [-0.2, 0) is 17.6 Å². The van der Waals surface area contributed by atoms with Crippen molar-refractivity contribution in [3.05, 3.63) is 89.0 Å². The first-order valence-electron chi connectivity index (χ1n) is 7.78. The number of hydrogen-bond acceptors (Lipinski definition) is 2. The number of benzene rings is 2. The van der Waals surface area contributed by atoms with E-state index < -0.39 is 0 Å². The summed E-state index contributed by atoms with van der Waals surface area (Å²) in [4.78, 5) is 19.8. The van der Waals surface area contributed by atoms with E-state index in [2.05, 4.69) is 15.3 Å². The van der Waals surface area contributed by atoms with Gasteiger partial charge in [0.1, 0.15) is 5.82 Å². The van der Waals surface area contributed by atoms with Crippen molar-refractivity contribution in [3.8, 4) is 0 Å². The maximum absolute atomic E-state index is 12.5. The first-order chi connectivity index (χ1) is 11.7. The third-order valence-corrected chi connectivity index (χ3v) is 4.17. The van der Waals surface area contributed by atoms with Crippen LogP contribution in [0.2, 0.25) is 5.02 Å². The Morgan fingerprint density at radius 3 is 2.58 bits per heavy atom. The molecule has 0 aliphatic carbocycles. The Balaban J connectivity index is 1.74. The van der Waals surface area contributed by atoms with Crippen molar-refractivity contribution in [1.29, 1.82) is 0 Å².